The first kappa shape index (κ1) is 17.1. The smallest absolute Gasteiger partial charge is 0.178 e. The summed E-state index contributed by atoms with van der Waals surface area (Å²) in [5.41, 5.74) is 8.62. The minimum absolute atomic E-state index is 0.0536. The second-order valence-corrected chi connectivity index (χ2v) is 8.37. The Labute approximate surface area is 134 Å². The van der Waals surface area contributed by atoms with Crippen molar-refractivity contribution >= 4 is 21.6 Å². The molecular weight excluding hydrogens is 322 g/mol. The summed E-state index contributed by atoms with van der Waals surface area (Å²) < 4.78 is 25.1. The lowest BCUT2D eigenvalue weighted by Crippen LogP contribution is -2.34. The molecule has 1 N–H and O–H groups in total. The summed E-state index contributed by atoms with van der Waals surface area (Å²) in [6.45, 7) is 0. The fourth-order valence-electron chi connectivity index (χ4n) is 2.75. The third-order valence-corrected chi connectivity index (χ3v) is 6.58. The Morgan fingerprint density at radius 2 is 2.05 bits per heavy atom. The van der Waals surface area contributed by atoms with Gasteiger partial charge in [0.2, 0.25) is 0 Å². The van der Waals surface area contributed by atoms with Crippen molar-refractivity contribution < 1.29 is 13.5 Å². The molecule has 1 saturated carbocycles. The standard InChI is InChI=1S/C14H19N3O3S2/c1-21-12-4-6-13(7-5-12)22(19,20)9-10-2-3-11(18)8-14(10)16-17-15/h4-7,10-11,14,18H,2-3,8-9H2,1H3/t10-,11-,14+/m1/s1. The zero-order valence-corrected chi connectivity index (χ0v) is 13.9. The van der Waals surface area contributed by atoms with Crippen LogP contribution in [-0.4, -0.2) is 37.7 Å². The zero-order chi connectivity index (χ0) is 16.2. The van der Waals surface area contributed by atoms with E-state index in [9.17, 15) is 13.5 Å². The first-order valence-electron chi connectivity index (χ1n) is 7.05. The molecule has 1 aliphatic carbocycles. The highest BCUT2D eigenvalue weighted by Gasteiger charge is 2.32. The average molecular weight is 341 g/mol. The van der Waals surface area contributed by atoms with E-state index in [1.54, 1.807) is 36.0 Å². The number of aliphatic hydroxyl groups excluding tert-OH is 1. The summed E-state index contributed by atoms with van der Waals surface area (Å²) in [6.07, 6.45) is 2.84. The lowest BCUT2D eigenvalue weighted by Gasteiger charge is -2.31. The zero-order valence-electron chi connectivity index (χ0n) is 12.3. The molecule has 1 aromatic carbocycles. The van der Waals surface area contributed by atoms with Gasteiger partial charge in [0.25, 0.3) is 0 Å². The van der Waals surface area contributed by atoms with Crippen molar-refractivity contribution in [3.8, 4) is 0 Å². The largest absolute Gasteiger partial charge is 0.393 e. The van der Waals surface area contributed by atoms with Crippen LogP contribution in [0.5, 0.6) is 0 Å². The molecule has 8 heteroatoms. The molecule has 3 atom stereocenters. The van der Waals surface area contributed by atoms with Gasteiger partial charge in [-0.15, -0.1) is 11.8 Å². The molecule has 0 amide bonds. The number of thioether (sulfide) groups is 1. The maximum absolute atomic E-state index is 12.5. The molecule has 0 bridgehead atoms. The summed E-state index contributed by atoms with van der Waals surface area (Å²) in [4.78, 5) is 4.08. The third kappa shape index (κ3) is 4.16. The van der Waals surface area contributed by atoms with Crippen LogP contribution in [0.2, 0.25) is 0 Å². The Morgan fingerprint density at radius 3 is 2.64 bits per heavy atom. The number of aliphatic hydroxyl groups is 1. The Kier molecular flexibility index (Phi) is 5.74. The topological polar surface area (TPSA) is 103 Å². The monoisotopic (exact) mass is 341 g/mol. The highest BCUT2D eigenvalue weighted by molar-refractivity contribution is 7.98. The molecule has 0 spiro atoms. The summed E-state index contributed by atoms with van der Waals surface area (Å²) in [6, 6.07) is 6.33. The number of sulfone groups is 1. The quantitative estimate of drug-likeness (QED) is 0.385. The van der Waals surface area contributed by atoms with Gasteiger partial charge < -0.3 is 5.11 Å². The third-order valence-electron chi connectivity index (χ3n) is 3.98. The summed E-state index contributed by atoms with van der Waals surface area (Å²) >= 11 is 1.55. The van der Waals surface area contributed by atoms with Crippen molar-refractivity contribution in [2.24, 2.45) is 11.0 Å². The predicted octanol–water partition coefficient (Wildman–Crippen LogP) is 3.02. The van der Waals surface area contributed by atoms with E-state index in [0.29, 0.717) is 19.3 Å². The van der Waals surface area contributed by atoms with Crippen LogP contribution in [0.3, 0.4) is 0 Å². The fraction of sp³-hybridized carbons (Fsp3) is 0.571. The van der Waals surface area contributed by atoms with Gasteiger partial charge in [-0.2, -0.15) is 0 Å². The van der Waals surface area contributed by atoms with Crippen molar-refractivity contribution in [2.45, 2.75) is 41.2 Å². The average Bonchev–Trinajstić information content (AvgIpc) is 2.50. The van der Waals surface area contributed by atoms with E-state index in [-0.39, 0.29) is 16.6 Å². The van der Waals surface area contributed by atoms with Crippen LogP contribution in [0.1, 0.15) is 19.3 Å². The van der Waals surface area contributed by atoms with Gasteiger partial charge in [-0.3, -0.25) is 0 Å². The maximum Gasteiger partial charge on any atom is 0.178 e. The van der Waals surface area contributed by atoms with Crippen LogP contribution < -0.4 is 0 Å². The van der Waals surface area contributed by atoms with Gasteiger partial charge in [-0.1, -0.05) is 5.11 Å². The molecule has 22 heavy (non-hydrogen) atoms. The van der Waals surface area contributed by atoms with E-state index in [2.05, 4.69) is 10.0 Å². The molecule has 1 aromatic rings. The first-order chi connectivity index (χ1) is 10.5. The molecule has 120 valence electrons. The fourth-order valence-corrected chi connectivity index (χ4v) is 4.86. The summed E-state index contributed by atoms with van der Waals surface area (Å²) in [5.74, 6) is -0.299. The lowest BCUT2D eigenvalue weighted by molar-refractivity contribution is 0.100. The van der Waals surface area contributed by atoms with Crippen molar-refractivity contribution in [2.75, 3.05) is 12.0 Å². The minimum atomic E-state index is -3.43. The summed E-state index contributed by atoms with van der Waals surface area (Å²) in [7, 11) is -3.43. The number of azide groups is 1. The number of nitrogens with zero attached hydrogens (tertiary/aromatic N) is 3. The Morgan fingerprint density at radius 1 is 1.36 bits per heavy atom. The molecule has 2 rings (SSSR count). The second kappa shape index (κ2) is 7.37. The van der Waals surface area contributed by atoms with Crippen molar-refractivity contribution in [3.05, 3.63) is 34.7 Å². The van der Waals surface area contributed by atoms with E-state index >= 15 is 0 Å². The molecule has 0 radical (unpaired) electrons. The van der Waals surface area contributed by atoms with E-state index in [1.807, 2.05) is 6.26 Å². The van der Waals surface area contributed by atoms with Crippen molar-refractivity contribution in [3.63, 3.8) is 0 Å². The molecule has 1 aliphatic rings. The molecule has 0 unspecified atom stereocenters. The van der Waals surface area contributed by atoms with Crippen molar-refractivity contribution in [1.29, 1.82) is 0 Å². The van der Waals surface area contributed by atoms with E-state index in [1.165, 1.54) is 0 Å². The van der Waals surface area contributed by atoms with Gasteiger partial charge in [0.05, 0.1) is 16.8 Å². The van der Waals surface area contributed by atoms with E-state index in [4.69, 9.17) is 5.53 Å². The molecule has 1 fully saturated rings. The van der Waals surface area contributed by atoms with Crippen LogP contribution in [0.4, 0.5) is 0 Å². The van der Waals surface area contributed by atoms with Gasteiger partial charge in [-0.25, -0.2) is 8.42 Å². The van der Waals surface area contributed by atoms with Gasteiger partial charge in [0.1, 0.15) is 0 Å². The predicted molar refractivity (Wildman–Crippen MR) is 86.6 cm³/mol. The van der Waals surface area contributed by atoms with Gasteiger partial charge in [0, 0.05) is 15.8 Å². The Hall–Kier alpha value is -1.21. The number of hydrogen-bond acceptors (Lipinski definition) is 5. The Bertz CT molecular complexity index is 654. The normalized spacial score (nSPS) is 25.5. The van der Waals surface area contributed by atoms with Crippen LogP contribution in [-0.2, 0) is 9.84 Å². The second-order valence-electron chi connectivity index (χ2n) is 5.46. The lowest BCUT2D eigenvalue weighted by atomic mass is 9.84. The van der Waals surface area contributed by atoms with E-state index in [0.717, 1.165) is 4.90 Å². The van der Waals surface area contributed by atoms with Crippen LogP contribution in [0.15, 0.2) is 39.2 Å². The molecule has 0 aliphatic heterocycles. The van der Waals surface area contributed by atoms with Crippen LogP contribution in [0, 0.1) is 5.92 Å². The van der Waals surface area contributed by atoms with Crippen LogP contribution >= 0.6 is 11.8 Å². The molecular formula is C14H19N3O3S2. The molecule has 0 aromatic heterocycles. The SMILES string of the molecule is CSc1ccc(S(=O)(=O)C[C@H]2CC[C@@H](O)C[C@@H]2N=[N+]=[N-])cc1. The van der Waals surface area contributed by atoms with Gasteiger partial charge >= 0.3 is 0 Å². The molecule has 6 nitrogen and oxygen atoms in total. The number of hydrogen-bond donors (Lipinski definition) is 1. The van der Waals surface area contributed by atoms with Gasteiger partial charge in [0.15, 0.2) is 9.84 Å². The number of rotatable bonds is 5. The highest BCUT2D eigenvalue weighted by atomic mass is 32.2. The maximum atomic E-state index is 12.5. The van der Waals surface area contributed by atoms with E-state index < -0.39 is 22.0 Å². The first-order valence-corrected chi connectivity index (χ1v) is 9.93. The van der Waals surface area contributed by atoms with Crippen LogP contribution in [0.25, 0.3) is 10.4 Å². The molecule has 0 heterocycles. The summed E-state index contributed by atoms with van der Waals surface area (Å²) in [5, 5.41) is 13.3. The highest BCUT2D eigenvalue weighted by Crippen LogP contribution is 2.30. The van der Waals surface area contributed by atoms with Gasteiger partial charge in [-0.05, 0) is 61.2 Å². The molecule has 0 saturated heterocycles. The Balaban J connectivity index is 2.17. The number of benzene rings is 1. The minimum Gasteiger partial charge on any atom is -0.393 e. The van der Waals surface area contributed by atoms with Crippen molar-refractivity contribution in [1.82, 2.24) is 0 Å².